The molecule has 0 saturated heterocycles. The van der Waals surface area contributed by atoms with E-state index in [0.717, 1.165) is 6.54 Å². The first-order chi connectivity index (χ1) is 7.66. The van der Waals surface area contributed by atoms with Gasteiger partial charge in [0.05, 0.1) is 6.42 Å². The molecular formula is C9H19Cl3NO3P. The minimum atomic E-state index is -3.22. The van der Waals surface area contributed by atoms with Crippen molar-refractivity contribution in [1.82, 2.24) is 4.90 Å². The predicted molar refractivity (Wildman–Crippen MR) is 74.4 cm³/mol. The largest absolute Gasteiger partial charge is 0.481 e. The Hall–Kier alpha value is 0.530. The van der Waals surface area contributed by atoms with E-state index in [2.05, 4.69) is 45.5 Å². The van der Waals surface area contributed by atoms with Crippen LogP contribution in [0.4, 0.5) is 0 Å². The third-order valence-corrected chi connectivity index (χ3v) is 1.85. The fourth-order valence-electron chi connectivity index (χ4n) is 1.03. The van der Waals surface area contributed by atoms with Crippen molar-refractivity contribution in [3.8, 4) is 0 Å². The van der Waals surface area contributed by atoms with Gasteiger partial charge >= 0.3 is 11.2 Å². The molecule has 17 heavy (non-hydrogen) atoms. The number of carboxylic acids is 1. The van der Waals surface area contributed by atoms with E-state index in [0.29, 0.717) is 6.54 Å². The van der Waals surface area contributed by atoms with Crippen LogP contribution in [0.25, 0.3) is 0 Å². The number of carbonyl (C=O) groups is 1. The lowest BCUT2D eigenvalue weighted by Crippen LogP contribution is -2.22. The fraction of sp³-hybridized carbons (Fsp3) is 0.889. The van der Waals surface area contributed by atoms with Crippen molar-refractivity contribution in [2.24, 2.45) is 0 Å². The first-order valence-electron chi connectivity index (χ1n) is 5.26. The van der Waals surface area contributed by atoms with Crippen molar-refractivity contribution >= 4 is 44.9 Å². The van der Waals surface area contributed by atoms with E-state index in [4.69, 9.17) is 5.11 Å². The number of halogens is 3. The summed E-state index contributed by atoms with van der Waals surface area (Å²) in [5.41, 5.74) is 0. The van der Waals surface area contributed by atoms with Gasteiger partial charge in [-0.3, -0.25) is 9.36 Å². The van der Waals surface area contributed by atoms with E-state index in [1.54, 1.807) is 0 Å². The van der Waals surface area contributed by atoms with Crippen LogP contribution in [0.3, 0.4) is 0 Å². The van der Waals surface area contributed by atoms with Gasteiger partial charge in [0.25, 0.3) is 0 Å². The van der Waals surface area contributed by atoms with Crippen molar-refractivity contribution in [2.45, 2.75) is 32.6 Å². The molecule has 0 radical (unpaired) electrons. The molecule has 0 aromatic rings. The monoisotopic (exact) mass is 325 g/mol. The Morgan fingerprint density at radius 2 is 1.71 bits per heavy atom. The maximum atomic E-state index is 10.2. The number of hydrogen-bond donors (Lipinski definition) is 1. The molecule has 104 valence electrons. The first-order valence-corrected chi connectivity index (χ1v) is 9.68. The van der Waals surface area contributed by atoms with Crippen LogP contribution >= 0.6 is 38.9 Å². The zero-order valence-electron chi connectivity index (χ0n) is 10.0. The molecule has 0 saturated carbocycles. The average Bonchev–Trinajstić information content (AvgIpc) is 2.12. The van der Waals surface area contributed by atoms with Crippen LogP contribution in [0.5, 0.6) is 0 Å². The third kappa shape index (κ3) is 31.5. The summed E-state index contributed by atoms with van der Waals surface area (Å²) in [4.78, 5) is 12.3. The maximum absolute atomic E-state index is 10.2. The molecule has 0 aromatic carbocycles. The fourth-order valence-corrected chi connectivity index (χ4v) is 1.03. The van der Waals surface area contributed by atoms with Gasteiger partial charge in [0.2, 0.25) is 0 Å². The smallest absolute Gasteiger partial charge is 0.339 e. The summed E-state index contributed by atoms with van der Waals surface area (Å²) in [7, 11) is 1.97. The van der Waals surface area contributed by atoms with Crippen molar-refractivity contribution in [2.75, 3.05) is 20.1 Å². The summed E-state index contributed by atoms with van der Waals surface area (Å²) >= 11 is 13.8. The SMILES string of the molecule is CCCCCN(C)CCC(=O)O.O=P(Cl)(Cl)Cl. The Balaban J connectivity index is 0. The number of hydrogen-bond acceptors (Lipinski definition) is 3. The van der Waals surface area contributed by atoms with Gasteiger partial charge in [-0.2, -0.15) is 0 Å². The quantitative estimate of drug-likeness (QED) is 0.556. The van der Waals surface area contributed by atoms with Crippen molar-refractivity contribution in [3.05, 3.63) is 0 Å². The normalized spacial score (nSPS) is 10.9. The summed E-state index contributed by atoms with van der Waals surface area (Å²) in [6.07, 6.45) is 3.87. The van der Waals surface area contributed by atoms with E-state index in [9.17, 15) is 9.36 Å². The molecule has 0 amide bonds. The lowest BCUT2D eigenvalue weighted by molar-refractivity contribution is -0.137. The number of aliphatic carboxylic acids is 1. The molecule has 0 spiro atoms. The summed E-state index contributed by atoms with van der Waals surface area (Å²) < 4.78 is 9.51. The molecule has 0 fully saturated rings. The van der Waals surface area contributed by atoms with Crippen LogP contribution in [-0.2, 0) is 9.36 Å². The molecule has 0 aliphatic heterocycles. The van der Waals surface area contributed by atoms with Gasteiger partial charge in [0.15, 0.2) is 0 Å². The van der Waals surface area contributed by atoms with Crippen LogP contribution in [0.2, 0.25) is 0 Å². The van der Waals surface area contributed by atoms with Gasteiger partial charge in [0.1, 0.15) is 0 Å². The summed E-state index contributed by atoms with van der Waals surface area (Å²) in [6.45, 7) is 3.84. The maximum Gasteiger partial charge on any atom is 0.339 e. The highest BCUT2D eigenvalue weighted by Crippen LogP contribution is 2.61. The summed E-state index contributed by atoms with van der Waals surface area (Å²) in [5.74, 6) is -0.711. The second kappa shape index (κ2) is 11.6. The second-order valence-corrected chi connectivity index (χ2v) is 10.2. The summed E-state index contributed by atoms with van der Waals surface area (Å²) in [5, 5.41) is 5.19. The number of unbranched alkanes of at least 4 members (excludes halogenated alkanes) is 2. The summed E-state index contributed by atoms with van der Waals surface area (Å²) in [6, 6.07) is 0. The van der Waals surface area contributed by atoms with Gasteiger partial charge < -0.3 is 10.0 Å². The molecular weight excluding hydrogens is 307 g/mol. The first kappa shape index (κ1) is 19.9. The van der Waals surface area contributed by atoms with Crippen LogP contribution < -0.4 is 0 Å². The highest BCUT2D eigenvalue weighted by atomic mass is 36.0. The van der Waals surface area contributed by atoms with Crippen LogP contribution in [0, 0.1) is 0 Å². The van der Waals surface area contributed by atoms with Crippen molar-refractivity contribution in [1.29, 1.82) is 0 Å². The molecule has 0 unspecified atom stereocenters. The molecule has 0 atom stereocenters. The minimum Gasteiger partial charge on any atom is -0.481 e. The number of carboxylic acid groups (broad SMARTS) is 1. The van der Waals surface area contributed by atoms with Gasteiger partial charge in [-0.05, 0) is 53.7 Å². The van der Waals surface area contributed by atoms with Crippen LogP contribution in [0.1, 0.15) is 32.6 Å². The Morgan fingerprint density at radius 3 is 2.06 bits per heavy atom. The van der Waals surface area contributed by atoms with Gasteiger partial charge in [-0.1, -0.05) is 19.8 Å². The number of nitrogens with zero attached hydrogens (tertiary/aromatic N) is 1. The average molecular weight is 327 g/mol. The van der Waals surface area contributed by atoms with E-state index in [1.807, 2.05) is 7.05 Å². The highest BCUT2D eigenvalue weighted by molar-refractivity contribution is 8.24. The topological polar surface area (TPSA) is 57.6 Å². The van der Waals surface area contributed by atoms with E-state index in [-0.39, 0.29) is 6.42 Å². The van der Waals surface area contributed by atoms with Gasteiger partial charge in [0, 0.05) is 6.54 Å². The lowest BCUT2D eigenvalue weighted by Gasteiger charge is -2.14. The van der Waals surface area contributed by atoms with E-state index >= 15 is 0 Å². The van der Waals surface area contributed by atoms with Gasteiger partial charge in [-0.25, -0.2) is 0 Å². The number of rotatable bonds is 7. The molecule has 0 rings (SSSR count). The minimum absolute atomic E-state index is 0.253. The Kier molecular flexibility index (Phi) is 13.6. The molecule has 0 aliphatic carbocycles. The van der Waals surface area contributed by atoms with Crippen LogP contribution in [0.15, 0.2) is 0 Å². The molecule has 1 N–H and O–H groups in total. The molecule has 0 aromatic heterocycles. The zero-order valence-corrected chi connectivity index (χ0v) is 13.2. The molecule has 8 heteroatoms. The molecule has 0 bridgehead atoms. The van der Waals surface area contributed by atoms with Crippen LogP contribution in [-0.4, -0.2) is 36.1 Å². The Morgan fingerprint density at radius 1 is 1.24 bits per heavy atom. The van der Waals surface area contributed by atoms with Gasteiger partial charge in [-0.15, -0.1) is 0 Å². The second-order valence-electron chi connectivity index (χ2n) is 3.55. The lowest BCUT2D eigenvalue weighted by atomic mass is 10.2. The van der Waals surface area contributed by atoms with E-state index < -0.39 is 11.2 Å². The standard InChI is InChI=1S/C9H19NO2.Cl3OP/c1-3-4-5-7-10(2)8-6-9(11)12;1-5(2,3)4/h3-8H2,1-2H3,(H,11,12);. The Bertz CT molecular complexity index is 239. The highest BCUT2D eigenvalue weighted by Gasteiger charge is 2.03. The predicted octanol–water partition coefficient (Wildman–Crippen LogP) is 4.39. The van der Waals surface area contributed by atoms with Crippen molar-refractivity contribution in [3.63, 3.8) is 0 Å². The zero-order chi connectivity index (χ0) is 13.9. The van der Waals surface area contributed by atoms with E-state index in [1.165, 1.54) is 19.3 Å². The molecule has 0 aliphatic rings. The third-order valence-electron chi connectivity index (χ3n) is 1.85. The molecule has 4 nitrogen and oxygen atoms in total. The van der Waals surface area contributed by atoms with Crippen molar-refractivity contribution < 1.29 is 14.5 Å². The molecule has 0 heterocycles. The Labute approximate surface area is 117 Å².